The van der Waals surface area contributed by atoms with Gasteiger partial charge in [0.05, 0.1) is 7.11 Å². The summed E-state index contributed by atoms with van der Waals surface area (Å²) < 4.78 is 5.23. The molecule has 1 aromatic rings. The highest BCUT2D eigenvalue weighted by molar-refractivity contribution is 14.0. The number of nitrogens with one attached hydrogen (secondary N) is 2. The first-order valence-electron chi connectivity index (χ1n) is 9.31. The molecule has 0 saturated carbocycles. The van der Waals surface area contributed by atoms with Crippen LogP contribution in [0.25, 0.3) is 0 Å². The van der Waals surface area contributed by atoms with Crippen molar-refractivity contribution in [3.05, 3.63) is 24.3 Å². The number of methoxy groups -OCH3 is 1. The highest BCUT2D eigenvalue weighted by Gasteiger charge is 2.16. The summed E-state index contributed by atoms with van der Waals surface area (Å²) in [6.45, 7) is 7.44. The second-order valence-corrected chi connectivity index (χ2v) is 7.28. The molecular formula is C19H34IN5OS. The Labute approximate surface area is 185 Å². The van der Waals surface area contributed by atoms with Gasteiger partial charge >= 0.3 is 0 Å². The van der Waals surface area contributed by atoms with E-state index in [1.54, 1.807) is 7.11 Å². The number of hydrogen-bond donors (Lipinski definition) is 2. The summed E-state index contributed by atoms with van der Waals surface area (Å²) >= 11 is 1.84. The molecule has 1 fully saturated rings. The first kappa shape index (κ1) is 24.2. The number of hydrogen-bond acceptors (Lipinski definition) is 5. The summed E-state index contributed by atoms with van der Waals surface area (Å²) in [4.78, 5) is 9.25. The number of halogens is 1. The van der Waals surface area contributed by atoms with E-state index in [-0.39, 0.29) is 24.0 Å². The van der Waals surface area contributed by atoms with Crippen LogP contribution in [0.2, 0.25) is 0 Å². The minimum atomic E-state index is 0. The molecular weight excluding hydrogens is 473 g/mol. The Morgan fingerprint density at radius 2 is 1.78 bits per heavy atom. The SMILES string of the molecule is CN=C(NCCCN1CCN(c2ccc(OC)cc2)CC1)NCCSC.I. The molecule has 1 saturated heterocycles. The average molecular weight is 507 g/mol. The van der Waals surface area contributed by atoms with E-state index in [2.05, 4.69) is 43.8 Å². The Hall–Kier alpha value is -0.870. The smallest absolute Gasteiger partial charge is 0.191 e. The van der Waals surface area contributed by atoms with Gasteiger partial charge in [-0.1, -0.05) is 0 Å². The van der Waals surface area contributed by atoms with Crippen LogP contribution in [-0.4, -0.2) is 82.8 Å². The van der Waals surface area contributed by atoms with E-state index in [9.17, 15) is 0 Å². The van der Waals surface area contributed by atoms with Crippen molar-refractivity contribution in [2.45, 2.75) is 6.42 Å². The fourth-order valence-electron chi connectivity index (χ4n) is 3.02. The van der Waals surface area contributed by atoms with Crippen LogP contribution >= 0.6 is 35.7 Å². The molecule has 0 aliphatic carbocycles. The lowest BCUT2D eigenvalue weighted by Gasteiger charge is -2.36. The molecule has 1 heterocycles. The first-order chi connectivity index (χ1) is 12.8. The van der Waals surface area contributed by atoms with Gasteiger partial charge < -0.3 is 20.3 Å². The zero-order valence-electron chi connectivity index (χ0n) is 16.7. The molecule has 0 atom stereocenters. The first-order valence-corrected chi connectivity index (χ1v) is 10.7. The maximum absolute atomic E-state index is 5.23. The fraction of sp³-hybridized carbons (Fsp3) is 0.632. The molecule has 154 valence electrons. The van der Waals surface area contributed by atoms with Crippen molar-refractivity contribution in [3.63, 3.8) is 0 Å². The normalized spacial score (nSPS) is 15.2. The number of guanidine groups is 1. The van der Waals surface area contributed by atoms with Crippen molar-refractivity contribution >= 4 is 47.4 Å². The molecule has 8 heteroatoms. The third kappa shape index (κ3) is 8.78. The molecule has 1 aliphatic heterocycles. The van der Waals surface area contributed by atoms with E-state index in [1.807, 2.05) is 30.9 Å². The van der Waals surface area contributed by atoms with Crippen LogP contribution in [0.3, 0.4) is 0 Å². The van der Waals surface area contributed by atoms with Crippen LogP contribution in [0.4, 0.5) is 5.69 Å². The number of ether oxygens (including phenoxy) is 1. The highest BCUT2D eigenvalue weighted by atomic mass is 127. The summed E-state index contributed by atoms with van der Waals surface area (Å²) in [6, 6.07) is 8.36. The van der Waals surface area contributed by atoms with Gasteiger partial charge in [0.25, 0.3) is 0 Å². The zero-order chi connectivity index (χ0) is 18.6. The minimum absolute atomic E-state index is 0. The van der Waals surface area contributed by atoms with Crippen molar-refractivity contribution in [1.82, 2.24) is 15.5 Å². The van der Waals surface area contributed by atoms with Crippen molar-refractivity contribution in [2.24, 2.45) is 4.99 Å². The number of anilines is 1. The van der Waals surface area contributed by atoms with Crippen LogP contribution in [0.15, 0.2) is 29.3 Å². The van der Waals surface area contributed by atoms with Crippen molar-refractivity contribution in [3.8, 4) is 5.75 Å². The minimum Gasteiger partial charge on any atom is -0.497 e. The largest absolute Gasteiger partial charge is 0.497 e. The summed E-state index contributed by atoms with van der Waals surface area (Å²) in [5.41, 5.74) is 1.28. The van der Waals surface area contributed by atoms with Crippen molar-refractivity contribution in [2.75, 3.05) is 76.9 Å². The van der Waals surface area contributed by atoms with E-state index in [1.165, 1.54) is 5.69 Å². The molecule has 0 aromatic heterocycles. The van der Waals surface area contributed by atoms with Gasteiger partial charge in [0, 0.05) is 57.8 Å². The van der Waals surface area contributed by atoms with Crippen LogP contribution in [0.5, 0.6) is 5.75 Å². The third-order valence-corrected chi connectivity index (χ3v) is 5.19. The standard InChI is InChI=1S/C19H33N5OS.HI/c1-20-19(22-10-16-26-3)21-9-4-11-23-12-14-24(15-13-23)17-5-7-18(25-2)8-6-17;/h5-8H,4,9-16H2,1-3H3,(H2,20,21,22);1H. The predicted molar refractivity (Wildman–Crippen MR) is 129 cm³/mol. The monoisotopic (exact) mass is 507 g/mol. The molecule has 0 radical (unpaired) electrons. The van der Waals surface area contributed by atoms with E-state index in [0.29, 0.717) is 0 Å². The van der Waals surface area contributed by atoms with Crippen molar-refractivity contribution in [1.29, 1.82) is 0 Å². The molecule has 0 spiro atoms. The van der Waals surface area contributed by atoms with Crippen LogP contribution < -0.4 is 20.3 Å². The number of rotatable bonds is 9. The molecule has 2 rings (SSSR count). The number of nitrogens with zero attached hydrogens (tertiary/aromatic N) is 3. The average Bonchev–Trinajstić information content (AvgIpc) is 2.70. The van der Waals surface area contributed by atoms with Gasteiger partial charge in [-0.3, -0.25) is 9.89 Å². The molecule has 1 aliphatic rings. The van der Waals surface area contributed by atoms with Crippen LogP contribution in [-0.2, 0) is 0 Å². The van der Waals surface area contributed by atoms with Gasteiger partial charge in [0.2, 0.25) is 0 Å². The van der Waals surface area contributed by atoms with Crippen molar-refractivity contribution < 1.29 is 4.74 Å². The summed E-state index contributed by atoms with van der Waals surface area (Å²) in [6.07, 6.45) is 3.25. The van der Waals surface area contributed by atoms with Gasteiger partial charge in [-0.15, -0.1) is 24.0 Å². The van der Waals surface area contributed by atoms with E-state index in [4.69, 9.17) is 4.74 Å². The number of thioether (sulfide) groups is 1. The fourth-order valence-corrected chi connectivity index (χ4v) is 3.33. The van der Waals surface area contributed by atoms with Gasteiger partial charge in [0.15, 0.2) is 5.96 Å². The van der Waals surface area contributed by atoms with E-state index in [0.717, 1.165) is 69.7 Å². The van der Waals surface area contributed by atoms with Crippen LogP contribution in [0, 0.1) is 0 Å². The Kier molecular flexibility index (Phi) is 12.7. The molecule has 1 aromatic carbocycles. The third-order valence-electron chi connectivity index (χ3n) is 4.58. The topological polar surface area (TPSA) is 52.1 Å². The number of benzene rings is 1. The quantitative estimate of drug-likeness (QED) is 0.232. The van der Waals surface area contributed by atoms with Gasteiger partial charge in [-0.2, -0.15) is 11.8 Å². The van der Waals surface area contributed by atoms with Gasteiger partial charge in [-0.25, -0.2) is 0 Å². The lowest BCUT2D eigenvalue weighted by molar-refractivity contribution is 0.255. The summed E-state index contributed by atoms with van der Waals surface area (Å²) in [5.74, 6) is 2.92. The highest BCUT2D eigenvalue weighted by Crippen LogP contribution is 2.20. The lowest BCUT2D eigenvalue weighted by Crippen LogP contribution is -2.47. The molecule has 0 unspecified atom stereocenters. The maximum atomic E-state index is 5.23. The Bertz CT molecular complexity index is 535. The number of piperazine rings is 1. The predicted octanol–water partition coefficient (Wildman–Crippen LogP) is 2.35. The molecule has 0 amide bonds. The summed E-state index contributed by atoms with van der Waals surface area (Å²) in [7, 11) is 3.53. The second-order valence-electron chi connectivity index (χ2n) is 6.30. The Morgan fingerprint density at radius 1 is 1.11 bits per heavy atom. The Balaban J connectivity index is 0.00000364. The van der Waals surface area contributed by atoms with Crippen LogP contribution in [0.1, 0.15) is 6.42 Å². The van der Waals surface area contributed by atoms with Gasteiger partial charge in [0.1, 0.15) is 5.75 Å². The molecule has 27 heavy (non-hydrogen) atoms. The molecule has 2 N–H and O–H groups in total. The zero-order valence-corrected chi connectivity index (χ0v) is 19.9. The summed E-state index contributed by atoms with van der Waals surface area (Å²) in [5, 5.41) is 6.72. The lowest BCUT2D eigenvalue weighted by atomic mass is 10.2. The Morgan fingerprint density at radius 3 is 2.37 bits per heavy atom. The second kappa shape index (κ2) is 14.2. The van der Waals surface area contributed by atoms with Gasteiger partial charge in [-0.05, 0) is 43.5 Å². The number of aliphatic imine (C=N–C) groups is 1. The molecule has 0 bridgehead atoms. The van der Waals surface area contributed by atoms with E-state index < -0.39 is 0 Å². The molecule has 6 nitrogen and oxygen atoms in total. The maximum Gasteiger partial charge on any atom is 0.191 e. The van der Waals surface area contributed by atoms with E-state index >= 15 is 0 Å².